The first-order valence-corrected chi connectivity index (χ1v) is 7.77. The number of nitrogens with one attached hydrogen (secondary N) is 1. The number of rotatable bonds is 6. The highest BCUT2D eigenvalue weighted by Gasteiger charge is 2.28. The molecule has 1 aliphatic rings. The Labute approximate surface area is 123 Å². The molecule has 2 N–H and O–H groups in total. The zero-order chi connectivity index (χ0) is 14.5. The lowest BCUT2D eigenvalue weighted by Crippen LogP contribution is -2.42. The van der Waals surface area contributed by atoms with Crippen LogP contribution in [0.1, 0.15) is 38.8 Å². The molecule has 2 rings (SSSR count). The van der Waals surface area contributed by atoms with Crippen LogP contribution in [-0.4, -0.2) is 41.8 Å². The maximum absolute atomic E-state index is 9.22. The lowest BCUT2D eigenvalue weighted by atomic mass is 10.0. The molecule has 1 heterocycles. The van der Waals surface area contributed by atoms with Crippen molar-refractivity contribution >= 4 is 0 Å². The van der Waals surface area contributed by atoms with Crippen LogP contribution in [0, 0.1) is 5.92 Å². The zero-order valence-corrected chi connectivity index (χ0v) is 12.9. The van der Waals surface area contributed by atoms with Gasteiger partial charge in [-0.15, -0.1) is 0 Å². The molecule has 20 heavy (non-hydrogen) atoms. The maximum Gasteiger partial charge on any atom is 0.0471 e. The number of likely N-dealkylation sites (tertiary alicyclic amines) is 1. The zero-order valence-electron chi connectivity index (χ0n) is 12.9. The first kappa shape index (κ1) is 15.5. The van der Waals surface area contributed by atoms with E-state index in [2.05, 4.69) is 61.3 Å². The van der Waals surface area contributed by atoms with Crippen molar-refractivity contribution in [1.29, 1.82) is 0 Å². The molecule has 1 aromatic rings. The number of nitrogens with zero attached hydrogens (tertiary/aromatic N) is 1. The number of aliphatic hydroxyl groups is 1. The predicted octanol–water partition coefficient (Wildman–Crippen LogP) is 2.43. The predicted molar refractivity (Wildman–Crippen MR) is 83.7 cm³/mol. The molecule has 0 amide bonds. The average Bonchev–Trinajstić information content (AvgIpc) is 2.94. The first-order valence-electron chi connectivity index (χ1n) is 7.77. The summed E-state index contributed by atoms with van der Waals surface area (Å²) < 4.78 is 0. The molecule has 3 nitrogen and oxygen atoms in total. The normalized spacial score (nSPS) is 24.5. The molecule has 1 aromatic carbocycles. The summed E-state index contributed by atoms with van der Waals surface area (Å²) >= 11 is 0. The lowest BCUT2D eigenvalue weighted by molar-refractivity contribution is 0.197. The van der Waals surface area contributed by atoms with E-state index in [0.29, 0.717) is 24.0 Å². The monoisotopic (exact) mass is 276 g/mol. The van der Waals surface area contributed by atoms with Gasteiger partial charge in [-0.2, -0.15) is 0 Å². The van der Waals surface area contributed by atoms with Crippen molar-refractivity contribution in [2.24, 2.45) is 5.92 Å². The molecule has 4 unspecified atom stereocenters. The second-order valence-electron chi connectivity index (χ2n) is 6.18. The minimum atomic E-state index is 0.255. The smallest absolute Gasteiger partial charge is 0.0471 e. The minimum absolute atomic E-state index is 0.255. The van der Waals surface area contributed by atoms with Gasteiger partial charge in [0.05, 0.1) is 0 Å². The fourth-order valence-corrected chi connectivity index (χ4v) is 2.91. The summed E-state index contributed by atoms with van der Waals surface area (Å²) in [5.74, 6) is 0.315. The van der Waals surface area contributed by atoms with Crippen LogP contribution < -0.4 is 5.32 Å². The van der Waals surface area contributed by atoms with Gasteiger partial charge in [0.2, 0.25) is 0 Å². The van der Waals surface area contributed by atoms with Gasteiger partial charge >= 0.3 is 0 Å². The van der Waals surface area contributed by atoms with Gasteiger partial charge in [-0.3, -0.25) is 4.90 Å². The van der Waals surface area contributed by atoms with Crippen LogP contribution in [0.3, 0.4) is 0 Å². The van der Waals surface area contributed by atoms with Crippen molar-refractivity contribution < 1.29 is 5.11 Å². The Hall–Kier alpha value is -0.900. The highest BCUT2D eigenvalue weighted by molar-refractivity contribution is 5.18. The van der Waals surface area contributed by atoms with Crippen LogP contribution in [0.2, 0.25) is 0 Å². The van der Waals surface area contributed by atoms with Crippen LogP contribution in [0.5, 0.6) is 0 Å². The van der Waals surface area contributed by atoms with Crippen molar-refractivity contribution in [1.82, 2.24) is 10.2 Å². The van der Waals surface area contributed by atoms with Crippen LogP contribution in [0.15, 0.2) is 30.3 Å². The van der Waals surface area contributed by atoms with E-state index in [0.717, 1.165) is 13.1 Å². The molecule has 0 radical (unpaired) electrons. The van der Waals surface area contributed by atoms with Crippen LogP contribution in [-0.2, 0) is 0 Å². The van der Waals surface area contributed by atoms with Crippen LogP contribution in [0.25, 0.3) is 0 Å². The maximum atomic E-state index is 9.22. The third kappa shape index (κ3) is 3.81. The van der Waals surface area contributed by atoms with Gasteiger partial charge in [0, 0.05) is 37.8 Å². The molecular formula is C17H28N2O. The van der Waals surface area contributed by atoms with E-state index in [1.807, 2.05) is 0 Å². The molecule has 1 aliphatic heterocycles. The van der Waals surface area contributed by atoms with Gasteiger partial charge in [0.25, 0.3) is 0 Å². The fraction of sp³-hybridized carbons (Fsp3) is 0.647. The molecule has 1 saturated heterocycles. The topological polar surface area (TPSA) is 35.5 Å². The van der Waals surface area contributed by atoms with Gasteiger partial charge in [0.15, 0.2) is 0 Å². The van der Waals surface area contributed by atoms with E-state index in [9.17, 15) is 5.11 Å². The average molecular weight is 276 g/mol. The Morgan fingerprint density at radius 3 is 2.60 bits per heavy atom. The Balaban J connectivity index is 1.86. The minimum Gasteiger partial charge on any atom is -0.396 e. The molecule has 112 valence electrons. The molecule has 0 aromatic heterocycles. The summed E-state index contributed by atoms with van der Waals surface area (Å²) in [4.78, 5) is 2.54. The molecule has 0 aliphatic carbocycles. The summed E-state index contributed by atoms with van der Waals surface area (Å²) in [6, 6.07) is 12.1. The number of hydrogen-bond donors (Lipinski definition) is 2. The van der Waals surface area contributed by atoms with Crippen LogP contribution >= 0.6 is 0 Å². The SMILES string of the molecule is CC(CO)C(C)NC1CCN(C(C)c2ccccc2)C1. The second kappa shape index (κ2) is 7.21. The van der Waals surface area contributed by atoms with Crippen LogP contribution in [0.4, 0.5) is 0 Å². The van der Waals surface area contributed by atoms with Crippen molar-refractivity contribution in [2.75, 3.05) is 19.7 Å². The third-order valence-electron chi connectivity index (χ3n) is 4.69. The standard InChI is InChI=1S/C17H28N2O/c1-13(12-20)14(2)18-17-9-10-19(11-17)15(3)16-7-5-4-6-8-16/h4-8,13-15,17-18,20H,9-12H2,1-3H3. The van der Waals surface area contributed by atoms with E-state index in [-0.39, 0.29) is 6.61 Å². The quantitative estimate of drug-likeness (QED) is 0.837. The number of aliphatic hydroxyl groups excluding tert-OH is 1. The van der Waals surface area contributed by atoms with E-state index in [1.165, 1.54) is 12.0 Å². The highest BCUT2D eigenvalue weighted by Crippen LogP contribution is 2.24. The van der Waals surface area contributed by atoms with Gasteiger partial charge in [-0.25, -0.2) is 0 Å². The van der Waals surface area contributed by atoms with Crippen molar-refractivity contribution in [3.63, 3.8) is 0 Å². The summed E-state index contributed by atoms with van der Waals surface area (Å²) in [7, 11) is 0. The molecule has 0 bridgehead atoms. The van der Waals surface area contributed by atoms with Crippen molar-refractivity contribution in [3.8, 4) is 0 Å². The summed E-state index contributed by atoms with van der Waals surface area (Å²) in [6.45, 7) is 9.05. The number of benzene rings is 1. The lowest BCUT2D eigenvalue weighted by Gasteiger charge is -2.27. The second-order valence-corrected chi connectivity index (χ2v) is 6.18. The third-order valence-corrected chi connectivity index (χ3v) is 4.69. The first-order chi connectivity index (χ1) is 9.61. The Morgan fingerprint density at radius 2 is 1.95 bits per heavy atom. The molecular weight excluding hydrogens is 248 g/mol. The number of hydrogen-bond acceptors (Lipinski definition) is 3. The Bertz CT molecular complexity index is 395. The molecule has 4 atom stereocenters. The molecule has 0 saturated carbocycles. The summed E-state index contributed by atoms with van der Waals surface area (Å²) in [5.41, 5.74) is 1.39. The fourth-order valence-electron chi connectivity index (χ4n) is 2.91. The Kier molecular flexibility index (Phi) is 5.58. The van der Waals surface area contributed by atoms with Gasteiger partial charge < -0.3 is 10.4 Å². The van der Waals surface area contributed by atoms with Gasteiger partial charge in [-0.05, 0) is 31.7 Å². The van der Waals surface area contributed by atoms with Crippen molar-refractivity contribution in [2.45, 2.75) is 45.3 Å². The molecule has 3 heteroatoms. The van der Waals surface area contributed by atoms with Gasteiger partial charge in [0.1, 0.15) is 0 Å². The van der Waals surface area contributed by atoms with Gasteiger partial charge in [-0.1, -0.05) is 37.3 Å². The van der Waals surface area contributed by atoms with E-state index < -0.39 is 0 Å². The van der Waals surface area contributed by atoms with E-state index in [1.54, 1.807) is 0 Å². The Morgan fingerprint density at radius 1 is 1.25 bits per heavy atom. The van der Waals surface area contributed by atoms with E-state index >= 15 is 0 Å². The molecule has 0 spiro atoms. The molecule has 1 fully saturated rings. The summed E-state index contributed by atoms with van der Waals surface area (Å²) in [6.07, 6.45) is 1.19. The summed E-state index contributed by atoms with van der Waals surface area (Å²) in [5, 5.41) is 12.9. The van der Waals surface area contributed by atoms with Crippen molar-refractivity contribution in [3.05, 3.63) is 35.9 Å². The van der Waals surface area contributed by atoms with E-state index in [4.69, 9.17) is 0 Å². The highest BCUT2D eigenvalue weighted by atomic mass is 16.3. The largest absolute Gasteiger partial charge is 0.396 e.